The van der Waals surface area contributed by atoms with Gasteiger partial charge in [-0.1, -0.05) is 110 Å². The fraction of sp³-hybridized carbons (Fsp3) is 0.404. The van der Waals surface area contributed by atoms with E-state index >= 15 is 0 Å². The van der Waals surface area contributed by atoms with Crippen LogP contribution >= 0.6 is 11.3 Å². The molecule has 1 N–H and O–H groups in total. The monoisotopic (exact) mass is 907 g/mol. The van der Waals surface area contributed by atoms with Crippen LogP contribution in [0.5, 0.6) is 0 Å². The maximum Gasteiger partial charge on any atom is 0.162 e. The van der Waals surface area contributed by atoms with Gasteiger partial charge in [-0.3, -0.25) is 9.78 Å². The number of aliphatic hydroxyl groups is 1. The van der Waals surface area contributed by atoms with Crippen molar-refractivity contribution in [2.75, 3.05) is 0 Å². The van der Waals surface area contributed by atoms with Gasteiger partial charge in [-0.05, 0) is 72.9 Å². The summed E-state index contributed by atoms with van der Waals surface area (Å²) in [6, 6.07) is 25.4. The first kappa shape index (κ1) is 42.2. The minimum atomic E-state index is 0. The van der Waals surface area contributed by atoms with Gasteiger partial charge in [-0.15, -0.1) is 40.5 Å². The van der Waals surface area contributed by atoms with Crippen LogP contribution in [0.4, 0.5) is 0 Å². The topological polar surface area (TPSA) is 63.3 Å². The van der Waals surface area contributed by atoms with Gasteiger partial charge in [0.15, 0.2) is 11.4 Å². The van der Waals surface area contributed by atoms with Crippen LogP contribution in [0, 0.1) is 30.7 Å². The molecule has 0 saturated carbocycles. The van der Waals surface area contributed by atoms with Gasteiger partial charge in [0.2, 0.25) is 0 Å². The molecule has 3 aromatic carbocycles. The van der Waals surface area contributed by atoms with Crippen molar-refractivity contribution in [1.29, 1.82) is 0 Å². The molecule has 1 radical (unpaired) electrons. The number of pyridine rings is 1. The zero-order valence-electron chi connectivity index (χ0n) is 33.1. The van der Waals surface area contributed by atoms with Crippen LogP contribution in [0.3, 0.4) is 0 Å². The second kappa shape index (κ2) is 18.2. The molecule has 4 nitrogen and oxygen atoms in total. The summed E-state index contributed by atoms with van der Waals surface area (Å²) in [4.78, 5) is 18.2. The van der Waals surface area contributed by atoms with Crippen molar-refractivity contribution in [1.82, 2.24) is 4.98 Å². The SMILES string of the molecule is CCC(CC)C(=O)/C=C(\O)C(CC)CC.Cc1c(CC(C)C)sc2cc(-c3cc(-c4[c-]c5ccccc5c(C(C)(C)C)c4)nc4ccoc34)ccc12.[Ir]. The number of benzene rings is 3. The largest absolute Gasteiger partial charge is 0.512 e. The molecule has 0 aliphatic carbocycles. The van der Waals surface area contributed by atoms with Gasteiger partial charge < -0.3 is 9.52 Å². The fourth-order valence-corrected chi connectivity index (χ4v) is 8.55. The first-order chi connectivity index (χ1) is 24.8. The summed E-state index contributed by atoms with van der Waals surface area (Å²) in [5, 5.41) is 13.5. The number of carbonyl (C=O) groups excluding carboxylic acids is 1. The van der Waals surface area contributed by atoms with Crippen molar-refractivity contribution in [3.63, 3.8) is 0 Å². The van der Waals surface area contributed by atoms with Gasteiger partial charge in [-0.2, -0.15) is 0 Å². The van der Waals surface area contributed by atoms with Crippen LogP contribution in [0.25, 0.3) is 54.3 Å². The number of aliphatic hydroxyl groups excluding tert-OH is 1. The number of hydrogen-bond acceptors (Lipinski definition) is 5. The van der Waals surface area contributed by atoms with Crippen LogP contribution in [-0.2, 0) is 36.7 Å². The maximum atomic E-state index is 11.7. The van der Waals surface area contributed by atoms with Crippen LogP contribution < -0.4 is 0 Å². The number of aromatic nitrogens is 1. The molecule has 0 fully saturated rings. The van der Waals surface area contributed by atoms with Crippen molar-refractivity contribution in [2.24, 2.45) is 17.8 Å². The first-order valence-electron chi connectivity index (χ1n) is 19.1. The van der Waals surface area contributed by atoms with E-state index in [1.807, 2.05) is 45.1 Å². The summed E-state index contributed by atoms with van der Waals surface area (Å²) in [5.74, 6) is 1.19. The molecule has 3 heterocycles. The number of carbonyl (C=O) groups is 1. The van der Waals surface area contributed by atoms with E-state index in [-0.39, 0.29) is 48.9 Å². The van der Waals surface area contributed by atoms with Gasteiger partial charge in [-0.25, -0.2) is 0 Å². The van der Waals surface area contributed by atoms with Gasteiger partial charge in [0.05, 0.1) is 12.0 Å². The molecule has 0 bridgehead atoms. The molecular formula is C47H56IrNO3S-. The van der Waals surface area contributed by atoms with Gasteiger partial charge in [0, 0.05) is 64.9 Å². The standard InChI is InChI=1S/C34H32NOS.C13H24O2.Ir/c1-20(2)15-31-21(3)25-12-11-23(18-32(25)37-31)27-19-30(35-29-13-14-36-33(27)29)24-16-22-9-7-8-10-26(22)28(17-24)34(4,5)6;1-5-10(6-2)12(14)9-13(15)11(7-3)8-4;/h7-14,17-20H,15H2,1-6H3;9-11,14H,5-8H2,1-4H3;/q-1;;/b;12-9-;. The zero-order valence-corrected chi connectivity index (χ0v) is 36.4. The van der Waals surface area contributed by atoms with Gasteiger partial charge in [0.25, 0.3) is 0 Å². The Labute approximate surface area is 334 Å². The maximum absolute atomic E-state index is 11.7. The molecule has 0 amide bonds. The summed E-state index contributed by atoms with van der Waals surface area (Å²) in [6.45, 7) is 21.7. The second-order valence-electron chi connectivity index (χ2n) is 15.5. The predicted octanol–water partition coefficient (Wildman–Crippen LogP) is 14.0. The quantitative estimate of drug-likeness (QED) is 0.0799. The third-order valence-electron chi connectivity index (χ3n) is 10.3. The number of thiophene rings is 1. The summed E-state index contributed by atoms with van der Waals surface area (Å²) < 4.78 is 7.30. The molecule has 6 aromatic rings. The van der Waals surface area contributed by atoms with Crippen molar-refractivity contribution in [2.45, 2.75) is 107 Å². The van der Waals surface area contributed by atoms with E-state index < -0.39 is 0 Å². The van der Waals surface area contributed by atoms with E-state index in [2.05, 4.69) is 102 Å². The third-order valence-corrected chi connectivity index (χ3v) is 11.6. The normalized spacial score (nSPS) is 12.2. The van der Waals surface area contributed by atoms with Gasteiger partial charge in [0.1, 0.15) is 5.52 Å². The van der Waals surface area contributed by atoms with Crippen molar-refractivity contribution >= 4 is 49.1 Å². The number of hydrogen-bond donors (Lipinski definition) is 1. The van der Waals surface area contributed by atoms with E-state index in [1.165, 1.54) is 37.6 Å². The number of allylic oxidation sites excluding steroid dienone is 2. The Kier molecular flexibility index (Phi) is 14.5. The minimum Gasteiger partial charge on any atom is -0.512 e. The molecule has 283 valence electrons. The number of nitrogens with zero attached hydrogens (tertiary/aromatic N) is 1. The third kappa shape index (κ3) is 9.57. The molecule has 0 aliphatic rings. The number of fused-ring (bicyclic) bond motifs is 3. The molecule has 0 spiro atoms. The molecule has 0 aliphatic heterocycles. The van der Waals surface area contributed by atoms with E-state index in [1.54, 1.807) is 6.26 Å². The van der Waals surface area contributed by atoms with Crippen molar-refractivity contribution in [3.05, 3.63) is 101 Å². The Hall–Kier alpha value is -3.57. The molecule has 0 saturated heterocycles. The van der Waals surface area contributed by atoms with E-state index in [4.69, 9.17) is 9.40 Å². The van der Waals surface area contributed by atoms with Crippen LogP contribution in [-0.4, -0.2) is 15.9 Å². The van der Waals surface area contributed by atoms with Crippen LogP contribution in [0.2, 0.25) is 0 Å². The average molecular weight is 907 g/mol. The Balaban J connectivity index is 0.000000335. The summed E-state index contributed by atoms with van der Waals surface area (Å²) in [7, 11) is 0. The predicted molar refractivity (Wildman–Crippen MR) is 222 cm³/mol. The molecule has 0 unspecified atom stereocenters. The Morgan fingerprint density at radius 2 is 1.60 bits per heavy atom. The number of ketones is 1. The molecule has 6 heteroatoms. The van der Waals surface area contributed by atoms with Gasteiger partial charge >= 0.3 is 0 Å². The molecule has 53 heavy (non-hydrogen) atoms. The van der Waals surface area contributed by atoms with E-state index in [0.29, 0.717) is 5.92 Å². The van der Waals surface area contributed by atoms with E-state index in [0.717, 1.165) is 71.0 Å². The molecular weight excluding hydrogens is 851 g/mol. The Morgan fingerprint density at radius 3 is 2.25 bits per heavy atom. The average Bonchev–Trinajstić information content (AvgIpc) is 3.71. The molecule has 0 atom stereocenters. The summed E-state index contributed by atoms with van der Waals surface area (Å²) in [6.07, 6.45) is 7.77. The van der Waals surface area contributed by atoms with Crippen LogP contribution in [0.15, 0.2) is 83.2 Å². The Bertz CT molecular complexity index is 2190. The summed E-state index contributed by atoms with van der Waals surface area (Å²) >= 11 is 1.92. The zero-order chi connectivity index (χ0) is 37.7. The molecule has 6 rings (SSSR count). The first-order valence-corrected chi connectivity index (χ1v) is 19.9. The van der Waals surface area contributed by atoms with Crippen LogP contribution in [0.1, 0.15) is 104 Å². The summed E-state index contributed by atoms with van der Waals surface area (Å²) in [5.41, 5.74) is 8.59. The second-order valence-corrected chi connectivity index (χ2v) is 16.7. The molecule has 3 aromatic heterocycles. The number of rotatable bonds is 11. The van der Waals surface area contributed by atoms with Crippen molar-refractivity contribution < 1.29 is 34.4 Å². The smallest absolute Gasteiger partial charge is 0.162 e. The van der Waals surface area contributed by atoms with E-state index in [9.17, 15) is 9.90 Å². The number of aryl methyl sites for hydroxylation is 1. The Morgan fingerprint density at radius 1 is 0.925 bits per heavy atom. The fourth-order valence-electron chi connectivity index (χ4n) is 7.09. The minimum absolute atomic E-state index is 0. The number of furan rings is 1. The van der Waals surface area contributed by atoms with Crippen molar-refractivity contribution in [3.8, 4) is 22.4 Å².